The van der Waals surface area contributed by atoms with Crippen LogP contribution in [0.15, 0.2) is 0 Å². The molecule has 4 nitrogen and oxygen atoms in total. The van der Waals surface area contributed by atoms with Crippen LogP contribution in [0.2, 0.25) is 0 Å². The van der Waals surface area contributed by atoms with Crippen LogP contribution in [0.1, 0.15) is 59.8 Å². The molecular weight excluding hydrogens is 271 g/mol. The van der Waals surface area contributed by atoms with Crippen LogP contribution in [-0.4, -0.2) is 30.1 Å². The highest BCUT2D eigenvalue weighted by Gasteiger charge is 2.36. The van der Waals surface area contributed by atoms with Crippen LogP contribution in [0.25, 0.3) is 0 Å². The second-order valence-electron chi connectivity index (χ2n) is 6.77. The zero-order valence-corrected chi connectivity index (χ0v) is 13.6. The Hall–Kier alpha value is -1.13. The number of alkyl halides is 1. The van der Waals surface area contributed by atoms with Gasteiger partial charge in [0.1, 0.15) is 0 Å². The Morgan fingerprint density at radius 1 is 1.00 bits per heavy atom. The molecule has 0 heterocycles. The second kappa shape index (κ2) is 8.35. The van der Waals surface area contributed by atoms with Gasteiger partial charge < -0.3 is 10.6 Å². The fourth-order valence-corrected chi connectivity index (χ4v) is 1.93. The first-order valence-electron chi connectivity index (χ1n) is 8.03. The zero-order valence-electron chi connectivity index (χ0n) is 13.6. The van der Waals surface area contributed by atoms with Crippen molar-refractivity contribution in [1.29, 1.82) is 0 Å². The van der Waals surface area contributed by atoms with Crippen molar-refractivity contribution >= 4 is 11.8 Å². The molecule has 1 unspecified atom stereocenters. The third kappa shape index (κ3) is 8.68. The first-order valence-corrected chi connectivity index (χ1v) is 8.03. The van der Waals surface area contributed by atoms with Crippen LogP contribution < -0.4 is 10.6 Å². The van der Waals surface area contributed by atoms with E-state index in [9.17, 15) is 14.0 Å². The maximum absolute atomic E-state index is 12.9. The normalized spacial score (nSPS) is 18.8. The summed E-state index contributed by atoms with van der Waals surface area (Å²) < 4.78 is 12.9. The molecule has 2 amide bonds. The van der Waals surface area contributed by atoms with Crippen LogP contribution in [-0.2, 0) is 9.59 Å². The third-order valence-corrected chi connectivity index (χ3v) is 3.34. The fraction of sp³-hybridized carbons (Fsp3) is 0.875. The van der Waals surface area contributed by atoms with Crippen molar-refractivity contribution < 1.29 is 14.0 Å². The number of hydrogen-bond donors (Lipinski definition) is 2. The predicted octanol–water partition coefficient (Wildman–Crippen LogP) is 2.57. The molecule has 0 bridgehead atoms. The molecule has 0 aromatic rings. The molecule has 1 atom stereocenters. The van der Waals surface area contributed by atoms with Gasteiger partial charge in [-0.1, -0.05) is 0 Å². The maximum atomic E-state index is 12.9. The molecule has 0 spiro atoms. The minimum absolute atomic E-state index is 0.00810. The van der Waals surface area contributed by atoms with Gasteiger partial charge in [-0.2, -0.15) is 0 Å². The predicted molar refractivity (Wildman–Crippen MR) is 81.5 cm³/mol. The molecule has 2 aliphatic carbocycles. The smallest absolute Gasteiger partial charge is 0.255 e. The molecule has 0 aromatic heterocycles. The number of carbonyl (C=O) groups is 2. The molecule has 0 saturated heterocycles. The van der Waals surface area contributed by atoms with Crippen LogP contribution in [0.3, 0.4) is 0 Å². The minimum Gasteiger partial charge on any atom is -0.354 e. The van der Waals surface area contributed by atoms with Crippen molar-refractivity contribution in [3.63, 3.8) is 0 Å². The molecule has 21 heavy (non-hydrogen) atoms. The molecule has 5 heteroatoms. The summed E-state index contributed by atoms with van der Waals surface area (Å²) in [5.74, 6) is 0.493. The summed E-state index contributed by atoms with van der Waals surface area (Å²) in [4.78, 5) is 21.9. The van der Waals surface area contributed by atoms with Gasteiger partial charge in [0.2, 0.25) is 5.91 Å². The van der Waals surface area contributed by atoms with E-state index < -0.39 is 12.1 Å². The largest absolute Gasteiger partial charge is 0.354 e. The first kappa shape index (κ1) is 17.9. The summed E-state index contributed by atoms with van der Waals surface area (Å²) >= 11 is 0. The average Bonchev–Trinajstić information content (AvgIpc) is 3.21. The Morgan fingerprint density at radius 2 is 1.52 bits per heavy atom. The van der Waals surface area contributed by atoms with Gasteiger partial charge in [0.05, 0.1) is 0 Å². The van der Waals surface area contributed by atoms with E-state index in [2.05, 4.69) is 10.6 Å². The zero-order chi connectivity index (χ0) is 16.0. The van der Waals surface area contributed by atoms with E-state index >= 15 is 0 Å². The number of carbonyl (C=O) groups excluding carboxylic acids is 2. The lowest BCUT2D eigenvalue weighted by Gasteiger charge is -2.10. The van der Waals surface area contributed by atoms with Crippen molar-refractivity contribution in [3.05, 3.63) is 0 Å². The lowest BCUT2D eigenvalue weighted by molar-refractivity contribution is -0.127. The molecule has 2 saturated carbocycles. The number of rotatable bonds is 6. The average molecular weight is 300 g/mol. The maximum Gasteiger partial charge on any atom is 0.255 e. The van der Waals surface area contributed by atoms with E-state index in [0.29, 0.717) is 12.0 Å². The molecule has 2 aliphatic rings. The molecule has 2 N–H and O–H groups in total. The summed E-state index contributed by atoms with van der Waals surface area (Å²) in [7, 11) is 0. The van der Waals surface area contributed by atoms with Gasteiger partial charge in [-0.3, -0.25) is 9.59 Å². The van der Waals surface area contributed by atoms with Crippen molar-refractivity contribution in [1.82, 2.24) is 10.6 Å². The third-order valence-electron chi connectivity index (χ3n) is 3.34. The van der Waals surface area contributed by atoms with Crippen LogP contribution >= 0.6 is 0 Å². The van der Waals surface area contributed by atoms with E-state index in [0.717, 1.165) is 19.3 Å². The Morgan fingerprint density at radius 3 is 1.90 bits per heavy atom. The summed E-state index contributed by atoms with van der Waals surface area (Å²) in [6.45, 7) is 7.64. The first-order chi connectivity index (χ1) is 9.79. The fourth-order valence-electron chi connectivity index (χ4n) is 1.93. The SMILES string of the molecule is CC(C)NC(=O)C(F)C1CC1.CC(C)NC(=O)CC1CC1. The highest BCUT2D eigenvalue weighted by atomic mass is 19.1. The summed E-state index contributed by atoms with van der Waals surface area (Å²) in [5.41, 5.74) is 0. The molecule has 122 valence electrons. The van der Waals surface area contributed by atoms with Gasteiger partial charge in [0.15, 0.2) is 6.17 Å². The minimum atomic E-state index is -1.27. The van der Waals surface area contributed by atoms with E-state index in [4.69, 9.17) is 0 Å². The standard InChI is InChI=1S/C8H14FNO.C8H15NO/c1-5(2)10-8(11)7(9)6-3-4-6;1-6(2)9-8(10)5-7-3-4-7/h5-7H,3-4H2,1-2H3,(H,10,11);6-7H,3-5H2,1-2H3,(H,9,10). The van der Waals surface area contributed by atoms with Crippen LogP contribution in [0.4, 0.5) is 4.39 Å². The van der Waals surface area contributed by atoms with E-state index in [1.54, 1.807) is 0 Å². The van der Waals surface area contributed by atoms with Crippen molar-refractivity contribution in [2.45, 2.75) is 78.1 Å². The van der Waals surface area contributed by atoms with Crippen LogP contribution in [0.5, 0.6) is 0 Å². The van der Waals surface area contributed by atoms with Crippen molar-refractivity contribution in [2.75, 3.05) is 0 Å². The van der Waals surface area contributed by atoms with Crippen molar-refractivity contribution in [2.24, 2.45) is 11.8 Å². The summed E-state index contributed by atoms with van der Waals surface area (Å²) in [6.07, 6.45) is 3.73. The molecular formula is C16H29FN2O2. The quantitative estimate of drug-likeness (QED) is 0.792. The lowest BCUT2D eigenvalue weighted by atomic mass is 10.2. The monoisotopic (exact) mass is 300 g/mol. The number of amides is 2. The van der Waals surface area contributed by atoms with Crippen LogP contribution in [0, 0.1) is 11.8 Å². The van der Waals surface area contributed by atoms with E-state index in [1.807, 2.05) is 27.7 Å². The molecule has 2 fully saturated rings. The topological polar surface area (TPSA) is 58.2 Å². The number of halogens is 1. The Balaban J connectivity index is 0.000000211. The van der Waals surface area contributed by atoms with Gasteiger partial charge in [0.25, 0.3) is 5.91 Å². The Bertz CT molecular complexity index is 344. The highest BCUT2D eigenvalue weighted by Crippen LogP contribution is 2.34. The summed E-state index contributed by atoms with van der Waals surface area (Å²) in [5, 5.41) is 5.43. The number of nitrogens with one attached hydrogen (secondary N) is 2. The highest BCUT2D eigenvalue weighted by molar-refractivity contribution is 5.81. The van der Waals surface area contributed by atoms with Gasteiger partial charge in [0, 0.05) is 18.5 Å². The Labute approximate surface area is 127 Å². The molecule has 0 radical (unpaired) electrons. The van der Waals surface area contributed by atoms with Crippen molar-refractivity contribution in [3.8, 4) is 0 Å². The van der Waals surface area contributed by atoms with Gasteiger partial charge in [-0.25, -0.2) is 4.39 Å². The van der Waals surface area contributed by atoms with Gasteiger partial charge in [-0.15, -0.1) is 0 Å². The Kier molecular flexibility index (Phi) is 7.12. The second-order valence-corrected chi connectivity index (χ2v) is 6.77. The lowest BCUT2D eigenvalue weighted by Crippen LogP contribution is -2.37. The van der Waals surface area contributed by atoms with E-state index in [-0.39, 0.29) is 17.9 Å². The molecule has 2 rings (SSSR count). The molecule has 0 aromatic carbocycles. The van der Waals surface area contributed by atoms with Gasteiger partial charge in [-0.05, 0) is 65.2 Å². The number of hydrogen-bond acceptors (Lipinski definition) is 2. The van der Waals surface area contributed by atoms with E-state index in [1.165, 1.54) is 12.8 Å². The summed E-state index contributed by atoms with van der Waals surface area (Å²) in [6, 6.07) is 0.339. The molecule has 0 aliphatic heterocycles. The van der Waals surface area contributed by atoms with Gasteiger partial charge >= 0.3 is 0 Å².